The Labute approximate surface area is 183 Å². The summed E-state index contributed by atoms with van der Waals surface area (Å²) >= 11 is 0. The van der Waals surface area contributed by atoms with Crippen molar-refractivity contribution in [1.29, 1.82) is 0 Å². The lowest BCUT2D eigenvalue weighted by molar-refractivity contribution is 0.298. The maximum atomic E-state index is 5.14. The minimum atomic E-state index is 0.0498. The largest absolute Gasteiger partial charge is 0.405 e. The van der Waals surface area contributed by atoms with Crippen LogP contribution < -0.4 is 4.58 Å². The van der Waals surface area contributed by atoms with Crippen molar-refractivity contribution in [2.45, 2.75) is 51.5 Å². The van der Waals surface area contributed by atoms with Gasteiger partial charge in [-0.2, -0.15) is 4.58 Å². The van der Waals surface area contributed by atoms with Crippen molar-refractivity contribution < 1.29 is 0 Å². The summed E-state index contributed by atoms with van der Waals surface area (Å²) in [5, 5.41) is 0. The van der Waals surface area contributed by atoms with Gasteiger partial charge in [0.1, 0.15) is 16.7 Å². The molecule has 0 amide bonds. The van der Waals surface area contributed by atoms with Gasteiger partial charge in [0.2, 0.25) is 0 Å². The topological polar surface area (TPSA) is 20.8 Å². The number of hydrogen-bond donors (Lipinski definition) is 0. The third-order valence-electron chi connectivity index (χ3n) is 7.41. The summed E-state index contributed by atoms with van der Waals surface area (Å²) < 4.78 is 5.00. The third kappa shape index (κ3) is 2.65. The Morgan fingerprint density at radius 2 is 1.55 bits per heavy atom. The normalized spacial score (nSPS) is 17.5. The highest BCUT2D eigenvalue weighted by Crippen LogP contribution is 2.47. The minimum absolute atomic E-state index is 0.0498. The molecule has 0 N–H and O–H groups in total. The third-order valence-corrected chi connectivity index (χ3v) is 7.41. The van der Waals surface area contributed by atoms with Gasteiger partial charge in [0.25, 0.3) is 0 Å². The first kappa shape index (κ1) is 18.6. The molecule has 0 radical (unpaired) electrons. The van der Waals surface area contributed by atoms with Gasteiger partial charge in [-0.3, -0.25) is 0 Å². The molecule has 0 bridgehead atoms. The van der Waals surface area contributed by atoms with Gasteiger partial charge < -0.3 is 0 Å². The second kappa shape index (κ2) is 6.91. The smallest absolute Gasteiger partial charge is 0.212 e. The fraction of sp³-hybridized carbons (Fsp3) is 0.286. The highest BCUT2D eigenvalue weighted by Gasteiger charge is 2.52. The molecular weight excluding hydrogens is 378 g/mol. The fourth-order valence-corrected chi connectivity index (χ4v) is 5.83. The van der Waals surface area contributed by atoms with Crippen molar-refractivity contribution in [3.8, 4) is 11.1 Å². The molecule has 6 rings (SSSR count). The van der Waals surface area contributed by atoms with Crippen LogP contribution in [0.2, 0.25) is 0 Å². The van der Waals surface area contributed by atoms with Crippen LogP contribution in [0.5, 0.6) is 0 Å². The van der Waals surface area contributed by atoms with Crippen LogP contribution in [0.15, 0.2) is 72.8 Å². The van der Waals surface area contributed by atoms with E-state index in [-0.39, 0.29) is 5.54 Å². The highest BCUT2D eigenvalue weighted by molar-refractivity contribution is 6.00. The molecule has 3 aromatic carbocycles. The van der Waals surface area contributed by atoms with Gasteiger partial charge in [-0.25, -0.2) is 4.57 Å². The van der Waals surface area contributed by atoms with Crippen molar-refractivity contribution in [2.24, 2.45) is 0 Å². The fourth-order valence-electron chi connectivity index (χ4n) is 5.83. The molecule has 2 aliphatic rings. The number of nitrogens with zero attached hydrogens (tertiary/aromatic N) is 3. The Morgan fingerprint density at radius 3 is 2.32 bits per heavy atom. The van der Waals surface area contributed by atoms with Gasteiger partial charge in [0.05, 0.1) is 5.71 Å². The number of para-hydroxylation sites is 2. The van der Waals surface area contributed by atoms with E-state index in [1.807, 2.05) is 0 Å². The van der Waals surface area contributed by atoms with Crippen LogP contribution in [0.4, 0.5) is 11.6 Å². The number of benzene rings is 3. The molecule has 3 nitrogen and oxygen atoms in total. The Kier molecular flexibility index (Phi) is 4.14. The number of aryl methyl sites for hydroxylation is 1. The van der Waals surface area contributed by atoms with E-state index < -0.39 is 0 Å². The van der Waals surface area contributed by atoms with E-state index in [1.165, 1.54) is 65.7 Å². The first-order chi connectivity index (χ1) is 15.2. The van der Waals surface area contributed by atoms with Crippen LogP contribution in [0, 0.1) is 6.92 Å². The molecule has 1 aliphatic carbocycles. The van der Waals surface area contributed by atoms with E-state index in [0.717, 1.165) is 11.5 Å². The summed E-state index contributed by atoms with van der Waals surface area (Å²) in [4.78, 5) is 5.14. The average Bonchev–Trinajstić information content (AvgIpc) is 3.29. The van der Waals surface area contributed by atoms with E-state index in [0.29, 0.717) is 0 Å². The lowest BCUT2D eigenvalue weighted by atomic mass is 9.78. The van der Waals surface area contributed by atoms with Crippen LogP contribution in [-0.2, 0) is 5.54 Å². The molecule has 0 saturated heterocycles. The van der Waals surface area contributed by atoms with Crippen molar-refractivity contribution in [2.75, 3.05) is 0 Å². The van der Waals surface area contributed by atoms with Crippen molar-refractivity contribution in [3.05, 3.63) is 78.4 Å². The Bertz CT molecular complexity index is 1320. The Balaban J connectivity index is 1.57. The maximum absolute atomic E-state index is 5.14. The Morgan fingerprint density at radius 1 is 0.806 bits per heavy atom. The predicted octanol–water partition coefficient (Wildman–Crippen LogP) is 6.98. The molecule has 1 spiro atoms. The van der Waals surface area contributed by atoms with Crippen molar-refractivity contribution in [3.63, 3.8) is 0 Å². The molecule has 0 atom stereocenters. The van der Waals surface area contributed by atoms with E-state index >= 15 is 0 Å². The first-order valence-corrected chi connectivity index (χ1v) is 11.5. The van der Waals surface area contributed by atoms with E-state index in [2.05, 4.69) is 95.8 Å². The van der Waals surface area contributed by atoms with Crippen LogP contribution in [0.1, 0.15) is 44.6 Å². The molecule has 1 fully saturated rings. The monoisotopic (exact) mass is 406 g/mol. The number of fused-ring (bicyclic) bond motifs is 4. The standard InChI is InChI=1S/C28H28N3/c1-20-19-23(22-11-5-3-6-12-22)15-16-25(20)30-21(2)28(17-9-4-10-18-28)31-26-14-8-7-13-24(26)29-27(30)31/h3,5-8,11-16,19H,4,9-10,17-18H2,1-2H3/q+1. The van der Waals surface area contributed by atoms with Gasteiger partial charge in [0.15, 0.2) is 5.52 Å². The molecule has 0 unspecified atom stereocenters. The highest BCUT2D eigenvalue weighted by atomic mass is 15.3. The average molecular weight is 407 g/mol. The molecule has 2 heterocycles. The molecule has 154 valence electrons. The minimum Gasteiger partial charge on any atom is -0.212 e. The molecule has 1 aromatic heterocycles. The number of aromatic nitrogens is 2. The summed E-state index contributed by atoms with van der Waals surface area (Å²) in [7, 11) is 0. The molecule has 31 heavy (non-hydrogen) atoms. The molecular formula is C28H28N3+. The number of imidazole rings is 1. The SMILES string of the molecule is CC1=[N+](c2ccc(-c3ccccc3)cc2C)c2nc3ccccc3n2C12CCCCC2. The molecule has 1 saturated carbocycles. The molecule has 3 heteroatoms. The van der Waals surface area contributed by atoms with Gasteiger partial charge >= 0.3 is 5.95 Å². The summed E-state index contributed by atoms with van der Waals surface area (Å²) in [6.45, 7) is 4.56. The van der Waals surface area contributed by atoms with E-state index in [9.17, 15) is 0 Å². The summed E-state index contributed by atoms with van der Waals surface area (Å²) in [5.74, 6) is 1.08. The lowest BCUT2D eigenvalue weighted by Gasteiger charge is -2.32. The van der Waals surface area contributed by atoms with Crippen molar-refractivity contribution >= 4 is 28.4 Å². The molecule has 1 aliphatic heterocycles. The summed E-state index contributed by atoms with van der Waals surface area (Å²) in [6, 6.07) is 26.1. The second-order valence-corrected chi connectivity index (χ2v) is 9.12. The summed E-state index contributed by atoms with van der Waals surface area (Å²) in [5.41, 5.74) is 8.89. The summed E-state index contributed by atoms with van der Waals surface area (Å²) in [6.07, 6.45) is 6.29. The lowest BCUT2D eigenvalue weighted by Crippen LogP contribution is -2.40. The van der Waals surface area contributed by atoms with Gasteiger partial charge in [-0.15, -0.1) is 0 Å². The van der Waals surface area contributed by atoms with Crippen LogP contribution in [0.3, 0.4) is 0 Å². The van der Waals surface area contributed by atoms with Gasteiger partial charge in [-0.05, 0) is 80.5 Å². The van der Waals surface area contributed by atoms with Crippen LogP contribution >= 0.6 is 0 Å². The quantitative estimate of drug-likeness (QED) is 0.329. The zero-order chi connectivity index (χ0) is 21.0. The van der Waals surface area contributed by atoms with Gasteiger partial charge in [-0.1, -0.05) is 59.9 Å². The van der Waals surface area contributed by atoms with Crippen LogP contribution in [-0.4, -0.2) is 15.3 Å². The molecule has 4 aromatic rings. The second-order valence-electron chi connectivity index (χ2n) is 9.12. The van der Waals surface area contributed by atoms with E-state index in [1.54, 1.807) is 0 Å². The zero-order valence-corrected chi connectivity index (χ0v) is 18.3. The number of rotatable bonds is 2. The van der Waals surface area contributed by atoms with Gasteiger partial charge in [0, 0.05) is 0 Å². The Hall–Kier alpha value is -3.20. The van der Waals surface area contributed by atoms with Crippen LogP contribution in [0.25, 0.3) is 22.2 Å². The van der Waals surface area contributed by atoms with E-state index in [4.69, 9.17) is 4.98 Å². The zero-order valence-electron chi connectivity index (χ0n) is 18.3. The van der Waals surface area contributed by atoms with Crippen molar-refractivity contribution in [1.82, 2.24) is 14.1 Å². The maximum Gasteiger partial charge on any atom is 0.405 e. The first-order valence-electron chi connectivity index (χ1n) is 11.5. The predicted molar refractivity (Wildman–Crippen MR) is 130 cm³/mol. The number of hydrogen-bond acceptors (Lipinski definition) is 1.